The summed E-state index contributed by atoms with van der Waals surface area (Å²) in [7, 11) is 1.90. The normalized spacial score (nSPS) is 16.8. The van der Waals surface area contributed by atoms with E-state index in [4.69, 9.17) is 0 Å². The lowest BCUT2D eigenvalue weighted by atomic mass is 10.1. The third kappa shape index (κ3) is 2.38. The van der Waals surface area contributed by atoms with E-state index < -0.39 is 0 Å². The lowest BCUT2D eigenvalue weighted by molar-refractivity contribution is 0.0730. The molecule has 1 aliphatic carbocycles. The highest BCUT2D eigenvalue weighted by molar-refractivity contribution is 9.10. The summed E-state index contributed by atoms with van der Waals surface area (Å²) in [5.74, 6) is 0.0769. The largest absolute Gasteiger partial charge is 0.335 e. The average molecular weight is 330 g/mol. The molecule has 0 heterocycles. The van der Waals surface area contributed by atoms with Crippen molar-refractivity contribution in [1.29, 1.82) is 0 Å². The van der Waals surface area contributed by atoms with Gasteiger partial charge in [-0.3, -0.25) is 4.79 Å². The van der Waals surface area contributed by atoms with Crippen molar-refractivity contribution in [2.24, 2.45) is 0 Å². The zero-order valence-electron chi connectivity index (χ0n) is 11.3. The number of amides is 1. The van der Waals surface area contributed by atoms with Crippen LogP contribution in [0.15, 0.2) is 53.0 Å². The summed E-state index contributed by atoms with van der Waals surface area (Å²) in [6, 6.07) is 16.2. The van der Waals surface area contributed by atoms with Crippen molar-refractivity contribution >= 4 is 21.8 Å². The van der Waals surface area contributed by atoms with Crippen LogP contribution in [0.3, 0.4) is 0 Å². The summed E-state index contributed by atoms with van der Waals surface area (Å²) in [6.07, 6.45) is 2.06. The highest BCUT2D eigenvalue weighted by Gasteiger charge is 2.28. The summed E-state index contributed by atoms with van der Waals surface area (Å²) < 4.78 is 0.934. The molecule has 0 saturated carbocycles. The first-order valence-electron chi connectivity index (χ1n) is 6.77. The van der Waals surface area contributed by atoms with Crippen LogP contribution in [0.4, 0.5) is 0 Å². The Morgan fingerprint density at radius 2 is 2.00 bits per heavy atom. The number of carbonyl (C=O) groups is 1. The molecule has 3 heteroatoms. The van der Waals surface area contributed by atoms with E-state index in [9.17, 15) is 4.79 Å². The first-order valence-corrected chi connectivity index (χ1v) is 7.56. The van der Waals surface area contributed by atoms with Gasteiger partial charge in [0, 0.05) is 17.1 Å². The molecule has 102 valence electrons. The summed E-state index contributed by atoms with van der Waals surface area (Å²) >= 11 is 3.42. The minimum atomic E-state index is 0.0769. The second-order valence-corrected chi connectivity index (χ2v) is 6.10. The summed E-state index contributed by atoms with van der Waals surface area (Å²) in [4.78, 5) is 14.5. The van der Waals surface area contributed by atoms with Gasteiger partial charge < -0.3 is 4.90 Å². The van der Waals surface area contributed by atoms with E-state index in [-0.39, 0.29) is 11.9 Å². The summed E-state index contributed by atoms with van der Waals surface area (Å²) in [6.45, 7) is 0. The van der Waals surface area contributed by atoms with E-state index in [1.807, 2.05) is 36.2 Å². The monoisotopic (exact) mass is 329 g/mol. The van der Waals surface area contributed by atoms with Crippen molar-refractivity contribution in [3.63, 3.8) is 0 Å². The minimum Gasteiger partial charge on any atom is -0.335 e. The fourth-order valence-electron chi connectivity index (χ4n) is 2.90. The Balaban J connectivity index is 1.87. The van der Waals surface area contributed by atoms with Gasteiger partial charge in [0.05, 0.1) is 6.04 Å². The molecular weight excluding hydrogens is 314 g/mol. The maximum absolute atomic E-state index is 12.6. The molecule has 0 aromatic heterocycles. The zero-order valence-corrected chi connectivity index (χ0v) is 12.9. The number of carbonyl (C=O) groups excluding carboxylic acids is 1. The van der Waals surface area contributed by atoms with Crippen LogP contribution in [-0.4, -0.2) is 17.9 Å². The number of halogens is 1. The second kappa shape index (κ2) is 5.41. The predicted molar refractivity (Wildman–Crippen MR) is 83.7 cm³/mol. The maximum atomic E-state index is 12.6. The quantitative estimate of drug-likeness (QED) is 0.808. The van der Waals surface area contributed by atoms with Gasteiger partial charge in [0.25, 0.3) is 5.91 Å². The Hall–Kier alpha value is -1.61. The first kappa shape index (κ1) is 13.4. The van der Waals surface area contributed by atoms with Crippen LogP contribution in [0.2, 0.25) is 0 Å². The van der Waals surface area contributed by atoms with Crippen molar-refractivity contribution in [2.75, 3.05) is 7.05 Å². The molecule has 2 nitrogen and oxygen atoms in total. The number of fused-ring (bicyclic) bond motifs is 1. The Morgan fingerprint density at radius 1 is 1.20 bits per heavy atom. The number of nitrogens with zero attached hydrogens (tertiary/aromatic N) is 1. The Bertz CT molecular complexity index is 653. The fourth-order valence-corrected chi connectivity index (χ4v) is 3.30. The van der Waals surface area contributed by atoms with Crippen LogP contribution in [-0.2, 0) is 6.42 Å². The minimum absolute atomic E-state index is 0.0769. The van der Waals surface area contributed by atoms with Gasteiger partial charge in [-0.25, -0.2) is 0 Å². The van der Waals surface area contributed by atoms with Gasteiger partial charge in [-0.2, -0.15) is 0 Å². The number of aryl methyl sites for hydroxylation is 1. The number of benzene rings is 2. The second-order valence-electron chi connectivity index (χ2n) is 5.18. The van der Waals surface area contributed by atoms with Gasteiger partial charge in [-0.1, -0.05) is 46.3 Å². The number of hydrogen-bond acceptors (Lipinski definition) is 1. The highest BCUT2D eigenvalue weighted by atomic mass is 79.9. The third-order valence-corrected chi connectivity index (χ3v) is 4.45. The maximum Gasteiger partial charge on any atom is 0.254 e. The standard InChI is InChI=1S/C17H16BrNO/c1-19(17(20)13-6-4-7-14(18)11-13)16-10-9-12-5-2-3-8-15(12)16/h2-8,11,16H,9-10H2,1H3. The SMILES string of the molecule is CN(C(=O)c1cccc(Br)c1)C1CCc2ccccc21. The molecule has 1 unspecified atom stereocenters. The Kier molecular flexibility index (Phi) is 3.62. The molecule has 0 N–H and O–H groups in total. The molecule has 2 aromatic rings. The van der Waals surface area contributed by atoms with E-state index in [2.05, 4.69) is 40.2 Å². The summed E-state index contributed by atoms with van der Waals surface area (Å²) in [5.41, 5.74) is 3.39. The van der Waals surface area contributed by atoms with Gasteiger partial charge in [-0.05, 0) is 42.2 Å². The number of rotatable bonds is 2. The molecule has 1 atom stereocenters. The molecular formula is C17H16BrNO. The molecule has 0 radical (unpaired) electrons. The lowest BCUT2D eigenvalue weighted by Crippen LogP contribution is -2.30. The molecule has 2 aromatic carbocycles. The van der Waals surface area contributed by atoms with Crippen molar-refractivity contribution in [3.05, 3.63) is 69.7 Å². The zero-order chi connectivity index (χ0) is 14.1. The molecule has 20 heavy (non-hydrogen) atoms. The highest BCUT2D eigenvalue weighted by Crippen LogP contribution is 2.35. The molecule has 1 amide bonds. The molecule has 0 bridgehead atoms. The van der Waals surface area contributed by atoms with Crippen LogP contribution < -0.4 is 0 Å². The molecule has 0 saturated heterocycles. The van der Waals surface area contributed by atoms with Gasteiger partial charge in [0.15, 0.2) is 0 Å². The smallest absolute Gasteiger partial charge is 0.254 e. The third-order valence-electron chi connectivity index (χ3n) is 3.96. The van der Waals surface area contributed by atoms with Gasteiger partial charge in [-0.15, -0.1) is 0 Å². The van der Waals surface area contributed by atoms with E-state index in [0.717, 1.165) is 22.9 Å². The first-order chi connectivity index (χ1) is 9.66. The van der Waals surface area contributed by atoms with E-state index in [1.54, 1.807) is 0 Å². The molecule has 0 fully saturated rings. The van der Waals surface area contributed by atoms with Crippen LogP contribution in [0.5, 0.6) is 0 Å². The van der Waals surface area contributed by atoms with Crippen LogP contribution in [0, 0.1) is 0 Å². The molecule has 0 aliphatic heterocycles. The number of hydrogen-bond donors (Lipinski definition) is 0. The van der Waals surface area contributed by atoms with Gasteiger partial charge in [0.1, 0.15) is 0 Å². The fraction of sp³-hybridized carbons (Fsp3) is 0.235. The predicted octanol–water partition coefficient (Wildman–Crippen LogP) is 4.21. The van der Waals surface area contributed by atoms with Gasteiger partial charge >= 0.3 is 0 Å². The van der Waals surface area contributed by atoms with E-state index in [1.165, 1.54) is 11.1 Å². The average Bonchev–Trinajstić information content (AvgIpc) is 2.89. The van der Waals surface area contributed by atoms with Crippen molar-refractivity contribution in [3.8, 4) is 0 Å². The topological polar surface area (TPSA) is 20.3 Å². The van der Waals surface area contributed by atoms with Gasteiger partial charge in [0.2, 0.25) is 0 Å². The van der Waals surface area contributed by atoms with E-state index >= 15 is 0 Å². The van der Waals surface area contributed by atoms with E-state index in [0.29, 0.717) is 0 Å². The molecule has 1 aliphatic rings. The molecule has 0 spiro atoms. The summed E-state index contributed by atoms with van der Waals surface area (Å²) in [5, 5.41) is 0. The van der Waals surface area contributed by atoms with Crippen molar-refractivity contribution < 1.29 is 4.79 Å². The van der Waals surface area contributed by atoms with Crippen LogP contribution in [0.25, 0.3) is 0 Å². The Morgan fingerprint density at radius 3 is 2.80 bits per heavy atom. The lowest BCUT2D eigenvalue weighted by Gasteiger charge is -2.25. The van der Waals surface area contributed by atoms with Crippen molar-refractivity contribution in [1.82, 2.24) is 4.90 Å². The van der Waals surface area contributed by atoms with Crippen molar-refractivity contribution in [2.45, 2.75) is 18.9 Å². The Labute approximate surface area is 127 Å². The molecule has 3 rings (SSSR count). The van der Waals surface area contributed by atoms with Crippen LogP contribution in [0.1, 0.15) is 33.9 Å². The van der Waals surface area contributed by atoms with Crippen LogP contribution >= 0.6 is 15.9 Å².